The number of aromatic amines is 1. The summed E-state index contributed by atoms with van der Waals surface area (Å²) in [5, 5.41) is 11.2. The molecule has 4 rings (SSSR count). The van der Waals surface area contributed by atoms with Crippen LogP contribution in [-0.4, -0.2) is 48.6 Å². The van der Waals surface area contributed by atoms with Crippen LogP contribution in [0.1, 0.15) is 30.3 Å². The van der Waals surface area contributed by atoms with Gasteiger partial charge in [-0.3, -0.25) is 4.40 Å². The molecule has 0 saturated carbocycles. The molecule has 3 aromatic rings. The summed E-state index contributed by atoms with van der Waals surface area (Å²) in [4.78, 5) is 21.5. The minimum Gasteiger partial charge on any atom is -0.348 e. The Bertz CT molecular complexity index is 818. The fourth-order valence-corrected chi connectivity index (χ4v) is 3.16. The Morgan fingerprint density at radius 2 is 2.17 bits per heavy atom. The topological polar surface area (TPSA) is 91.2 Å². The van der Waals surface area contributed by atoms with Gasteiger partial charge in [-0.1, -0.05) is 6.07 Å². The highest BCUT2D eigenvalue weighted by Crippen LogP contribution is 2.26. The van der Waals surface area contributed by atoms with Gasteiger partial charge in [0.05, 0.1) is 12.9 Å². The van der Waals surface area contributed by atoms with Gasteiger partial charge in [-0.05, 0) is 25.0 Å². The molecule has 124 valence electrons. The Labute approximate surface area is 138 Å². The van der Waals surface area contributed by atoms with Crippen molar-refractivity contribution in [1.82, 2.24) is 34.8 Å². The monoisotopic (exact) mass is 325 g/mol. The Hall–Kier alpha value is -2.90. The Morgan fingerprint density at radius 3 is 2.96 bits per heavy atom. The molecule has 3 aromatic heterocycles. The zero-order valence-electron chi connectivity index (χ0n) is 13.2. The molecule has 2 N–H and O–H groups in total. The first-order chi connectivity index (χ1) is 11.8. The second-order valence-electron chi connectivity index (χ2n) is 5.97. The summed E-state index contributed by atoms with van der Waals surface area (Å²) in [6, 6.07) is 5.67. The fraction of sp³-hybridized carbons (Fsp3) is 0.375. The molecule has 1 aliphatic heterocycles. The van der Waals surface area contributed by atoms with Gasteiger partial charge in [0, 0.05) is 37.1 Å². The van der Waals surface area contributed by atoms with Crippen molar-refractivity contribution in [3.05, 3.63) is 48.4 Å². The van der Waals surface area contributed by atoms with E-state index in [2.05, 4.69) is 25.5 Å². The number of nitrogens with one attached hydrogen (secondary N) is 2. The van der Waals surface area contributed by atoms with Gasteiger partial charge in [-0.2, -0.15) is 0 Å². The largest absolute Gasteiger partial charge is 0.348 e. The van der Waals surface area contributed by atoms with Crippen LogP contribution in [0.3, 0.4) is 0 Å². The molecule has 0 atom stereocenters. The summed E-state index contributed by atoms with van der Waals surface area (Å²) in [5.74, 6) is 1.18. The number of imidazole rings is 1. The van der Waals surface area contributed by atoms with Gasteiger partial charge >= 0.3 is 6.03 Å². The molecule has 24 heavy (non-hydrogen) atoms. The highest BCUT2D eigenvalue weighted by atomic mass is 16.2. The zero-order valence-corrected chi connectivity index (χ0v) is 13.2. The summed E-state index contributed by atoms with van der Waals surface area (Å²) in [7, 11) is 0. The average molecular weight is 325 g/mol. The summed E-state index contributed by atoms with van der Waals surface area (Å²) < 4.78 is 1.88. The number of H-pyrrole nitrogens is 1. The lowest BCUT2D eigenvalue weighted by molar-refractivity contribution is 0.180. The van der Waals surface area contributed by atoms with Crippen molar-refractivity contribution in [2.75, 3.05) is 13.1 Å². The molecule has 1 aliphatic rings. The van der Waals surface area contributed by atoms with Crippen molar-refractivity contribution in [2.45, 2.75) is 25.3 Å². The van der Waals surface area contributed by atoms with E-state index in [9.17, 15) is 4.79 Å². The zero-order chi connectivity index (χ0) is 16.4. The molecule has 0 aliphatic carbocycles. The third-order valence-electron chi connectivity index (χ3n) is 4.52. The van der Waals surface area contributed by atoms with Crippen molar-refractivity contribution in [3.63, 3.8) is 0 Å². The van der Waals surface area contributed by atoms with Crippen LogP contribution in [0.15, 0.2) is 36.9 Å². The molecule has 4 heterocycles. The predicted molar refractivity (Wildman–Crippen MR) is 87.4 cm³/mol. The van der Waals surface area contributed by atoms with E-state index < -0.39 is 0 Å². The Morgan fingerprint density at radius 1 is 1.29 bits per heavy atom. The number of likely N-dealkylation sites (tertiary alicyclic amines) is 1. The standard InChI is InChI=1S/C16H19N7O/c24-16(18-10-15-21-20-14-3-1-2-6-23(14)15)22-7-4-12(5-8-22)13-9-17-11-19-13/h1-3,6,9,11-12H,4-5,7-8,10H2,(H,17,19)(H,18,24). The van der Waals surface area contributed by atoms with Gasteiger partial charge in [-0.15, -0.1) is 10.2 Å². The molecule has 2 amide bonds. The molecular formula is C16H19N7O. The Balaban J connectivity index is 1.32. The van der Waals surface area contributed by atoms with Crippen molar-refractivity contribution in [1.29, 1.82) is 0 Å². The highest BCUT2D eigenvalue weighted by Gasteiger charge is 2.24. The van der Waals surface area contributed by atoms with Crippen LogP contribution >= 0.6 is 0 Å². The molecule has 0 unspecified atom stereocenters. The van der Waals surface area contributed by atoms with Gasteiger partial charge < -0.3 is 15.2 Å². The van der Waals surface area contributed by atoms with Crippen molar-refractivity contribution in [2.24, 2.45) is 0 Å². The van der Waals surface area contributed by atoms with E-state index in [-0.39, 0.29) is 6.03 Å². The second-order valence-corrected chi connectivity index (χ2v) is 5.97. The summed E-state index contributed by atoms with van der Waals surface area (Å²) in [6.07, 6.45) is 7.37. The summed E-state index contributed by atoms with van der Waals surface area (Å²) in [5.41, 5.74) is 1.94. The lowest BCUT2D eigenvalue weighted by Gasteiger charge is -2.31. The quantitative estimate of drug-likeness (QED) is 0.764. The van der Waals surface area contributed by atoms with Crippen LogP contribution in [-0.2, 0) is 6.54 Å². The molecule has 1 saturated heterocycles. The van der Waals surface area contributed by atoms with Crippen LogP contribution in [0.5, 0.6) is 0 Å². The molecule has 0 spiro atoms. The van der Waals surface area contributed by atoms with Gasteiger partial charge in [0.15, 0.2) is 11.5 Å². The number of urea groups is 1. The van der Waals surface area contributed by atoms with E-state index >= 15 is 0 Å². The third-order valence-corrected chi connectivity index (χ3v) is 4.52. The van der Waals surface area contributed by atoms with Crippen LogP contribution < -0.4 is 5.32 Å². The molecule has 8 nitrogen and oxygen atoms in total. The molecule has 0 radical (unpaired) electrons. The number of pyridine rings is 1. The number of fused-ring (bicyclic) bond motifs is 1. The number of hydrogen-bond donors (Lipinski definition) is 2. The van der Waals surface area contributed by atoms with Gasteiger partial charge in [0.2, 0.25) is 0 Å². The van der Waals surface area contributed by atoms with E-state index in [0.717, 1.165) is 43.1 Å². The van der Waals surface area contributed by atoms with Crippen molar-refractivity contribution in [3.8, 4) is 0 Å². The second kappa shape index (κ2) is 6.31. The Kier molecular flexibility index (Phi) is 3.86. The number of carbonyl (C=O) groups excluding carboxylic acids is 1. The number of rotatable bonds is 3. The number of nitrogens with zero attached hydrogens (tertiary/aromatic N) is 5. The summed E-state index contributed by atoms with van der Waals surface area (Å²) in [6.45, 7) is 1.86. The van der Waals surface area contributed by atoms with Crippen LogP contribution in [0, 0.1) is 0 Å². The lowest BCUT2D eigenvalue weighted by atomic mass is 9.94. The molecule has 1 fully saturated rings. The van der Waals surface area contributed by atoms with Crippen molar-refractivity contribution >= 4 is 11.7 Å². The SMILES string of the molecule is O=C(NCc1nnc2ccccn12)N1CCC(c2cnc[nH]2)CC1. The molecule has 0 bridgehead atoms. The van der Waals surface area contributed by atoms with E-state index in [4.69, 9.17) is 0 Å². The van der Waals surface area contributed by atoms with E-state index in [1.165, 1.54) is 0 Å². The van der Waals surface area contributed by atoms with Gasteiger partial charge in [0.1, 0.15) is 0 Å². The molecule has 8 heteroatoms. The molecular weight excluding hydrogens is 306 g/mol. The number of hydrogen-bond acceptors (Lipinski definition) is 4. The van der Waals surface area contributed by atoms with Crippen LogP contribution in [0.25, 0.3) is 5.65 Å². The van der Waals surface area contributed by atoms with E-state index in [0.29, 0.717) is 12.5 Å². The number of piperidine rings is 1. The maximum atomic E-state index is 12.4. The average Bonchev–Trinajstić information content (AvgIpc) is 3.30. The number of amides is 2. The smallest absolute Gasteiger partial charge is 0.317 e. The highest BCUT2D eigenvalue weighted by molar-refractivity contribution is 5.74. The first-order valence-electron chi connectivity index (χ1n) is 8.11. The maximum Gasteiger partial charge on any atom is 0.317 e. The minimum atomic E-state index is -0.0502. The first-order valence-corrected chi connectivity index (χ1v) is 8.11. The van der Waals surface area contributed by atoms with Gasteiger partial charge in [0.25, 0.3) is 0 Å². The first kappa shape index (κ1) is 14.7. The van der Waals surface area contributed by atoms with Crippen LogP contribution in [0.4, 0.5) is 4.79 Å². The van der Waals surface area contributed by atoms with Crippen molar-refractivity contribution < 1.29 is 4.79 Å². The maximum absolute atomic E-state index is 12.4. The minimum absolute atomic E-state index is 0.0502. The normalized spacial score (nSPS) is 15.8. The van der Waals surface area contributed by atoms with Gasteiger partial charge in [-0.25, -0.2) is 9.78 Å². The number of carbonyl (C=O) groups is 1. The fourth-order valence-electron chi connectivity index (χ4n) is 3.16. The third kappa shape index (κ3) is 2.82. The predicted octanol–water partition coefficient (Wildman–Crippen LogP) is 1.54. The van der Waals surface area contributed by atoms with E-state index in [1.807, 2.05) is 39.9 Å². The van der Waals surface area contributed by atoms with Crippen LogP contribution in [0.2, 0.25) is 0 Å². The molecule has 0 aromatic carbocycles. The lowest BCUT2D eigenvalue weighted by Crippen LogP contribution is -2.44. The van der Waals surface area contributed by atoms with E-state index in [1.54, 1.807) is 6.33 Å². The summed E-state index contributed by atoms with van der Waals surface area (Å²) >= 11 is 0. The number of aromatic nitrogens is 5.